The fourth-order valence-corrected chi connectivity index (χ4v) is 1.92. The quantitative estimate of drug-likeness (QED) is 0.903. The molecule has 0 saturated heterocycles. The summed E-state index contributed by atoms with van der Waals surface area (Å²) in [6, 6.07) is 6.70. The zero-order valence-electron chi connectivity index (χ0n) is 10.2. The molecule has 0 spiro atoms. The Labute approximate surface area is 111 Å². The zero-order valence-corrected chi connectivity index (χ0v) is 10.9. The third-order valence-corrected chi connectivity index (χ3v) is 2.97. The van der Waals surface area contributed by atoms with Crippen LogP contribution in [0, 0.1) is 5.82 Å². The third kappa shape index (κ3) is 3.09. The molecule has 0 aliphatic heterocycles. The molecule has 1 aromatic heterocycles. The first-order valence-electron chi connectivity index (χ1n) is 5.86. The van der Waals surface area contributed by atoms with E-state index in [4.69, 9.17) is 11.6 Å². The van der Waals surface area contributed by atoms with Gasteiger partial charge in [-0.15, -0.1) is 0 Å². The molecule has 96 valence electrons. The molecule has 0 radical (unpaired) electrons. The van der Waals surface area contributed by atoms with Gasteiger partial charge in [0, 0.05) is 12.7 Å². The molecule has 3 nitrogen and oxygen atoms in total. The Morgan fingerprint density at radius 3 is 2.94 bits per heavy atom. The van der Waals surface area contributed by atoms with Crippen molar-refractivity contribution in [3.8, 4) is 0 Å². The van der Waals surface area contributed by atoms with Crippen LogP contribution in [0.4, 0.5) is 4.39 Å². The van der Waals surface area contributed by atoms with Crippen LogP contribution in [0.25, 0.3) is 0 Å². The van der Waals surface area contributed by atoms with Crippen LogP contribution in [0.15, 0.2) is 30.5 Å². The Bertz CT molecular complexity index is 525. The molecular formula is C13H15ClFN3. The topological polar surface area (TPSA) is 29.9 Å². The first-order valence-corrected chi connectivity index (χ1v) is 6.24. The summed E-state index contributed by atoms with van der Waals surface area (Å²) in [6.45, 7) is 4.33. The maximum atomic E-state index is 13.1. The molecule has 1 heterocycles. The minimum absolute atomic E-state index is 0.146. The van der Waals surface area contributed by atoms with Gasteiger partial charge < -0.3 is 5.32 Å². The Hall–Kier alpha value is -1.39. The minimum atomic E-state index is -0.395. The first-order chi connectivity index (χ1) is 8.70. The number of nitrogens with zero attached hydrogens (tertiary/aromatic N) is 2. The largest absolute Gasteiger partial charge is 0.311 e. The Balaban J connectivity index is 2.13. The maximum Gasteiger partial charge on any atom is 0.141 e. The monoisotopic (exact) mass is 267 g/mol. The predicted molar refractivity (Wildman–Crippen MR) is 70.1 cm³/mol. The summed E-state index contributed by atoms with van der Waals surface area (Å²) in [6.07, 6.45) is 1.76. The van der Waals surface area contributed by atoms with Gasteiger partial charge in [-0.2, -0.15) is 5.10 Å². The zero-order chi connectivity index (χ0) is 13.0. The summed E-state index contributed by atoms with van der Waals surface area (Å²) >= 11 is 5.76. The molecule has 0 saturated carbocycles. The lowest BCUT2D eigenvalue weighted by molar-refractivity contribution is 0.601. The van der Waals surface area contributed by atoms with Crippen molar-refractivity contribution in [1.29, 1.82) is 0 Å². The van der Waals surface area contributed by atoms with E-state index in [0.29, 0.717) is 6.54 Å². The SMILES string of the molecule is CCNCc1ccnn1Cc1ccc(F)c(Cl)c1. The van der Waals surface area contributed by atoms with Crippen LogP contribution in [-0.4, -0.2) is 16.3 Å². The molecular weight excluding hydrogens is 253 g/mol. The predicted octanol–water partition coefficient (Wildman–Crippen LogP) is 2.83. The summed E-state index contributed by atoms with van der Waals surface area (Å²) < 4.78 is 14.9. The average Bonchev–Trinajstić information content (AvgIpc) is 2.79. The molecule has 0 aliphatic rings. The van der Waals surface area contributed by atoms with Crippen molar-refractivity contribution in [2.24, 2.45) is 0 Å². The summed E-state index contributed by atoms with van der Waals surface area (Å²) in [5.41, 5.74) is 2.03. The van der Waals surface area contributed by atoms with Gasteiger partial charge in [0.25, 0.3) is 0 Å². The minimum Gasteiger partial charge on any atom is -0.311 e. The highest BCUT2D eigenvalue weighted by atomic mass is 35.5. The lowest BCUT2D eigenvalue weighted by atomic mass is 10.2. The number of rotatable bonds is 5. The van der Waals surface area contributed by atoms with Gasteiger partial charge in [-0.3, -0.25) is 4.68 Å². The number of benzene rings is 1. The third-order valence-electron chi connectivity index (χ3n) is 2.68. The van der Waals surface area contributed by atoms with Crippen molar-refractivity contribution < 1.29 is 4.39 Å². The van der Waals surface area contributed by atoms with Crippen LogP contribution in [0.2, 0.25) is 5.02 Å². The molecule has 0 unspecified atom stereocenters. The normalized spacial score (nSPS) is 10.8. The van der Waals surface area contributed by atoms with E-state index in [2.05, 4.69) is 17.3 Å². The molecule has 0 atom stereocenters. The van der Waals surface area contributed by atoms with Crippen molar-refractivity contribution >= 4 is 11.6 Å². The molecule has 5 heteroatoms. The number of nitrogens with one attached hydrogen (secondary N) is 1. The smallest absolute Gasteiger partial charge is 0.141 e. The summed E-state index contributed by atoms with van der Waals surface area (Å²) in [5.74, 6) is -0.395. The number of aromatic nitrogens is 2. The van der Waals surface area contributed by atoms with Crippen LogP contribution in [0.3, 0.4) is 0 Å². The second kappa shape index (κ2) is 5.98. The Morgan fingerprint density at radius 1 is 1.39 bits per heavy atom. The van der Waals surface area contributed by atoms with E-state index in [1.807, 2.05) is 10.7 Å². The molecule has 2 aromatic rings. The van der Waals surface area contributed by atoms with Crippen LogP contribution in [-0.2, 0) is 13.1 Å². The van der Waals surface area contributed by atoms with E-state index in [-0.39, 0.29) is 5.02 Å². The van der Waals surface area contributed by atoms with Crippen molar-refractivity contribution in [1.82, 2.24) is 15.1 Å². The average molecular weight is 268 g/mol. The molecule has 2 rings (SSSR count). The molecule has 1 aromatic carbocycles. The van der Waals surface area contributed by atoms with Crippen LogP contribution in [0.1, 0.15) is 18.2 Å². The summed E-state index contributed by atoms with van der Waals surface area (Å²) in [4.78, 5) is 0. The van der Waals surface area contributed by atoms with Gasteiger partial charge in [-0.25, -0.2) is 4.39 Å². The second-order valence-corrected chi connectivity index (χ2v) is 4.42. The van der Waals surface area contributed by atoms with Crippen LogP contribution < -0.4 is 5.32 Å². The van der Waals surface area contributed by atoms with Gasteiger partial charge in [-0.1, -0.05) is 24.6 Å². The first kappa shape index (κ1) is 13.1. The van der Waals surface area contributed by atoms with Crippen molar-refractivity contribution in [2.75, 3.05) is 6.54 Å². The van der Waals surface area contributed by atoms with E-state index in [9.17, 15) is 4.39 Å². The summed E-state index contributed by atoms with van der Waals surface area (Å²) in [5, 5.41) is 7.65. The van der Waals surface area contributed by atoms with Crippen molar-refractivity contribution in [3.63, 3.8) is 0 Å². The maximum absolute atomic E-state index is 13.1. The van der Waals surface area contributed by atoms with Gasteiger partial charge in [0.2, 0.25) is 0 Å². The standard InChI is InChI=1S/C13H15ClFN3/c1-2-16-8-11-5-6-17-18(11)9-10-3-4-13(15)12(14)7-10/h3-7,16H,2,8-9H2,1H3. The van der Waals surface area contributed by atoms with Gasteiger partial charge >= 0.3 is 0 Å². The van der Waals surface area contributed by atoms with Crippen LogP contribution in [0.5, 0.6) is 0 Å². The van der Waals surface area contributed by atoms with Gasteiger partial charge in [0.05, 0.1) is 17.3 Å². The lowest BCUT2D eigenvalue weighted by Crippen LogP contribution is -2.16. The highest BCUT2D eigenvalue weighted by Crippen LogP contribution is 2.17. The Morgan fingerprint density at radius 2 is 2.22 bits per heavy atom. The highest BCUT2D eigenvalue weighted by molar-refractivity contribution is 6.30. The van der Waals surface area contributed by atoms with E-state index in [0.717, 1.165) is 24.3 Å². The Kier molecular flexibility index (Phi) is 4.33. The molecule has 0 fully saturated rings. The van der Waals surface area contributed by atoms with E-state index in [1.165, 1.54) is 6.07 Å². The van der Waals surface area contributed by atoms with E-state index >= 15 is 0 Å². The lowest BCUT2D eigenvalue weighted by Gasteiger charge is -2.08. The second-order valence-electron chi connectivity index (χ2n) is 4.01. The van der Waals surface area contributed by atoms with Crippen molar-refractivity contribution in [3.05, 3.63) is 52.6 Å². The molecule has 0 amide bonds. The fourth-order valence-electron chi connectivity index (χ4n) is 1.72. The van der Waals surface area contributed by atoms with E-state index < -0.39 is 5.82 Å². The summed E-state index contributed by atoms with van der Waals surface area (Å²) in [7, 11) is 0. The number of hydrogen-bond donors (Lipinski definition) is 1. The number of halogens is 2. The van der Waals surface area contributed by atoms with E-state index in [1.54, 1.807) is 18.3 Å². The van der Waals surface area contributed by atoms with Gasteiger partial charge in [-0.05, 0) is 30.3 Å². The van der Waals surface area contributed by atoms with Gasteiger partial charge in [0.1, 0.15) is 5.82 Å². The molecule has 0 aliphatic carbocycles. The fraction of sp³-hybridized carbons (Fsp3) is 0.308. The highest BCUT2D eigenvalue weighted by Gasteiger charge is 2.05. The van der Waals surface area contributed by atoms with Crippen LogP contribution >= 0.6 is 11.6 Å². The van der Waals surface area contributed by atoms with Crippen molar-refractivity contribution in [2.45, 2.75) is 20.0 Å². The molecule has 0 bridgehead atoms. The molecule has 1 N–H and O–H groups in total. The molecule has 18 heavy (non-hydrogen) atoms. The number of hydrogen-bond acceptors (Lipinski definition) is 2. The van der Waals surface area contributed by atoms with Gasteiger partial charge in [0.15, 0.2) is 0 Å².